The Morgan fingerprint density at radius 2 is 1.85 bits per heavy atom. The average Bonchev–Trinajstić information content (AvgIpc) is 2.43. The van der Waals surface area contributed by atoms with Gasteiger partial charge >= 0.3 is 6.09 Å². The smallest absolute Gasteiger partial charge is 0.407 e. The first-order valence-corrected chi connectivity index (χ1v) is 7.49. The molecular formula is C15H28N2O3. The highest BCUT2D eigenvalue weighted by molar-refractivity contribution is 5.86. The number of ether oxygens (including phenoxy) is 1. The van der Waals surface area contributed by atoms with E-state index in [0.29, 0.717) is 5.92 Å². The van der Waals surface area contributed by atoms with Crippen molar-refractivity contribution in [2.24, 2.45) is 11.8 Å². The number of carbonyl (C=O) groups is 2. The summed E-state index contributed by atoms with van der Waals surface area (Å²) in [5, 5.41) is 2.65. The van der Waals surface area contributed by atoms with Gasteiger partial charge in [0.25, 0.3) is 0 Å². The minimum atomic E-state index is -0.554. The van der Waals surface area contributed by atoms with E-state index in [1.54, 1.807) is 0 Å². The lowest BCUT2D eigenvalue weighted by Crippen LogP contribution is -2.54. The highest BCUT2D eigenvalue weighted by atomic mass is 16.5. The van der Waals surface area contributed by atoms with E-state index in [4.69, 9.17) is 0 Å². The van der Waals surface area contributed by atoms with Gasteiger partial charge in [-0.2, -0.15) is 0 Å². The molecule has 1 saturated carbocycles. The molecule has 3 atom stereocenters. The summed E-state index contributed by atoms with van der Waals surface area (Å²) in [7, 11) is 3.16. The predicted octanol–water partition coefficient (Wildman–Crippen LogP) is 2.40. The first-order chi connectivity index (χ1) is 9.38. The van der Waals surface area contributed by atoms with Crippen molar-refractivity contribution in [3.8, 4) is 0 Å². The Balaban J connectivity index is 2.74. The predicted molar refractivity (Wildman–Crippen MR) is 78.4 cm³/mol. The molecule has 5 heteroatoms. The summed E-state index contributed by atoms with van der Waals surface area (Å²) < 4.78 is 4.61. The molecule has 0 heterocycles. The molecule has 5 nitrogen and oxygen atoms in total. The quantitative estimate of drug-likeness (QED) is 0.862. The van der Waals surface area contributed by atoms with Gasteiger partial charge in [-0.05, 0) is 24.7 Å². The van der Waals surface area contributed by atoms with Gasteiger partial charge in [0, 0.05) is 13.1 Å². The van der Waals surface area contributed by atoms with E-state index in [9.17, 15) is 9.59 Å². The van der Waals surface area contributed by atoms with Crippen LogP contribution in [0, 0.1) is 11.8 Å². The molecule has 20 heavy (non-hydrogen) atoms. The second-order valence-corrected chi connectivity index (χ2v) is 6.14. The normalized spacial score (nSPS) is 24.1. The van der Waals surface area contributed by atoms with Crippen molar-refractivity contribution in [1.29, 1.82) is 0 Å². The van der Waals surface area contributed by atoms with Gasteiger partial charge in [-0.1, -0.05) is 33.6 Å². The Hall–Kier alpha value is -1.26. The molecule has 2 amide bonds. The maximum atomic E-state index is 12.6. The zero-order chi connectivity index (χ0) is 15.3. The van der Waals surface area contributed by atoms with Crippen molar-refractivity contribution in [2.75, 3.05) is 14.2 Å². The number of nitrogens with zero attached hydrogens (tertiary/aromatic N) is 1. The van der Waals surface area contributed by atoms with E-state index in [2.05, 4.69) is 17.0 Å². The maximum Gasteiger partial charge on any atom is 0.407 e. The van der Waals surface area contributed by atoms with E-state index < -0.39 is 12.1 Å². The summed E-state index contributed by atoms with van der Waals surface area (Å²) in [6, 6.07) is -0.251. The highest BCUT2D eigenvalue weighted by Crippen LogP contribution is 2.28. The van der Waals surface area contributed by atoms with Gasteiger partial charge < -0.3 is 15.0 Å². The van der Waals surface area contributed by atoms with Crippen LogP contribution in [0.25, 0.3) is 0 Å². The van der Waals surface area contributed by atoms with Crippen molar-refractivity contribution < 1.29 is 14.3 Å². The molecule has 0 radical (unpaired) electrons. The van der Waals surface area contributed by atoms with Crippen molar-refractivity contribution >= 4 is 12.0 Å². The van der Waals surface area contributed by atoms with Crippen LogP contribution < -0.4 is 5.32 Å². The van der Waals surface area contributed by atoms with Crippen LogP contribution >= 0.6 is 0 Å². The fourth-order valence-corrected chi connectivity index (χ4v) is 2.95. The van der Waals surface area contributed by atoms with Gasteiger partial charge in [0.1, 0.15) is 6.04 Å². The van der Waals surface area contributed by atoms with Crippen LogP contribution in [0.3, 0.4) is 0 Å². The fraction of sp³-hybridized carbons (Fsp3) is 0.867. The average molecular weight is 284 g/mol. The molecule has 1 aliphatic carbocycles. The molecule has 3 unspecified atom stereocenters. The standard InChI is InChI=1S/C15H28N2O3/c1-10(2)13(16-15(19)20-5)14(18)17(4)12-9-7-6-8-11(12)3/h10-13H,6-9H2,1-5H3,(H,16,19). The molecule has 0 aromatic rings. The molecule has 0 aromatic carbocycles. The molecular weight excluding hydrogens is 256 g/mol. The Morgan fingerprint density at radius 3 is 2.35 bits per heavy atom. The number of hydrogen-bond acceptors (Lipinski definition) is 3. The molecule has 1 fully saturated rings. The third-order valence-corrected chi connectivity index (χ3v) is 4.30. The summed E-state index contributed by atoms with van der Waals surface area (Å²) in [4.78, 5) is 25.9. The number of methoxy groups -OCH3 is 1. The van der Waals surface area contributed by atoms with Crippen LogP contribution in [0.5, 0.6) is 0 Å². The number of nitrogens with one attached hydrogen (secondary N) is 1. The second kappa shape index (κ2) is 7.50. The lowest BCUT2D eigenvalue weighted by molar-refractivity contribution is -0.136. The van der Waals surface area contributed by atoms with Crippen molar-refractivity contribution in [1.82, 2.24) is 10.2 Å². The molecule has 0 aromatic heterocycles. The zero-order valence-corrected chi connectivity index (χ0v) is 13.3. The number of rotatable bonds is 4. The lowest BCUT2D eigenvalue weighted by Gasteiger charge is -2.38. The third kappa shape index (κ3) is 4.12. The summed E-state index contributed by atoms with van der Waals surface area (Å²) in [6.45, 7) is 6.05. The topological polar surface area (TPSA) is 58.6 Å². The zero-order valence-electron chi connectivity index (χ0n) is 13.3. The fourth-order valence-electron chi connectivity index (χ4n) is 2.95. The minimum absolute atomic E-state index is 0.0239. The largest absolute Gasteiger partial charge is 0.453 e. The van der Waals surface area contributed by atoms with Crippen LogP contribution in [-0.4, -0.2) is 43.1 Å². The molecule has 1 N–H and O–H groups in total. The molecule has 1 aliphatic rings. The molecule has 1 rings (SSSR count). The Morgan fingerprint density at radius 1 is 1.25 bits per heavy atom. The summed E-state index contributed by atoms with van der Waals surface area (Å²) >= 11 is 0. The highest BCUT2D eigenvalue weighted by Gasteiger charge is 2.33. The SMILES string of the molecule is COC(=O)NC(C(=O)N(C)C1CCCCC1C)C(C)C. The van der Waals surface area contributed by atoms with E-state index in [1.165, 1.54) is 26.4 Å². The van der Waals surface area contributed by atoms with Gasteiger partial charge in [-0.25, -0.2) is 4.79 Å². The summed E-state index contributed by atoms with van der Waals surface area (Å²) in [5.41, 5.74) is 0. The number of hydrogen-bond donors (Lipinski definition) is 1. The Kier molecular flexibility index (Phi) is 6.30. The van der Waals surface area contributed by atoms with Crippen LogP contribution in [-0.2, 0) is 9.53 Å². The number of amides is 2. The van der Waals surface area contributed by atoms with Crippen molar-refractivity contribution in [3.63, 3.8) is 0 Å². The Bertz CT molecular complexity index is 344. The monoisotopic (exact) mass is 284 g/mol. The van der Waals surface area contributed by atoms with Gasteiger partial charge in [0.05, 0.1) is 7.11 Å². The van der Waals surface area contributed by atoms with E-state index in [-0.39, 0.29) is 17.9 Å². The summed E-state index contributed by atoms with van der Waals surface area (Å²) in [5.74, 6) is 0.524. The molecule has 0 saturated heterocycles. The third-order valence-electron chi connectivity index (χ3n) is 4.30. The number of likely N-dealkylation sites (N-methyl/N-ethyl adjacent to an activating group) is 1. The lowest BCUT2D eigenvalue weighted by atomic mass is 9.84. The van der Waals surface area contributed by atoms with Crippen LogP contribution in [0.2, 0.25) is 0 Å². The molecule has 0 spiro atoms. The second-order valence-electron chi connectivity index (χ2n) is 6.14. The van der Waals surface area contributed by atoms with E-state index in [0.717, 1.165) is 6.42 Å². The van der Waals surface area contributed by atoms with Crippen LogP contribution in [0.1, 0.15) is 46.5 Å². The summed E-state index contributed by atoms with van der Waals surface area (Å²) in [6.07, 6.45) is 4.07. The number of carbonyl (C=O) groups excluding carboxylic acids is 2. The first kappa shape index (κ1) is 16.8. The van der Waals surface area contributed by atoms with E-state index >= 15 is 0 Å². The van der Waals surface area contributed by atoms with Gasteiger partial charge in [0.2, 0.25) is 5.91 Å². The first-order valence-electron chi connectivity index (χ1n) is 7.49. The van der Waals surface area contributed by atoms with Crippen LogP contribution in [0.4, 0.5) is 4.79 Å². The van der Waals surface area contributed by atoms with Crippen LogP contribution in [0.15, 0.2) is 0 Å². The molecule has 0 bridgehead atoms. The van der Waals surface area contributed by atoms with Gasteiger partial charge in [0.15, 0.2) is 0 Å². The molecule has 116 valence electrons. The van der Waals surface area contributed by atoms with Crippen molar-refractivity contribution in [3.05, 3.63) is 0 Å². The molecule has 0 aliphatic heterocycles. The minimum Gasteiger partial charge on any atom is -0.453 e. The van der Waals surface area contributed by atoms with Gasteiger partial charge in [-0.15, -0.1) is 0 Å². The Labute approximate surface area is 122 Å². The van der Waals surface area contributed by atoms with E-state index in [1.807, 2.05) is 25.8 Å². The number of alkyl carbamates (subject to hydrolysis) is 1. The maximum absolute atomic E-state index is 12.6. The van der Waals surface area contributed by atoms with Gasteiger partial charge in [-0.3, -0.25) is 4.79 Å². The van der Waals surface area contributed by atoms with Crippen molar-refractivity contribution in [2.45, 2.75) is 58.5 Å².